The van der Waals surface area contributed by atoms with Gasteiger partial charge in [-0.3, -0.25) is 5.01 Å². The van der Waals surface area contributed by atoms with E-state index in [1.54, 1.807) is 0 Å². The van der Waals surface area contributed by atoms with E-state index in [1.807, 2.05) is 0 Å². The fourth-order valence-corrected chi connectivity index (χ4v) is 5.09. The molecule has 162 valence electrons. The van der Waals surface area contributed by atoms with Crippen LogP contribution in [0.1, 0.15) is 18.5 Å². The van der Waals surface area contributed by atoms with Gasteiger partial charge < -0.3 is 5.32 Å². The Hall–Kier alpha value is -2.31. The SMILES string of the molecule is C[C@H](NC1=CSCN1N(C(F)(F)F)S(=O)(=O)c1ccccc1)c1cc(F)ccc1F. The van der Waals surface area contributed by atoms with Crippen molar-refractivity contribution in [1.82, 2.24) is 14.7 Å². The first-order valence-electron chi connectivity index (χ1n) is 8.49. The van der Waals surface area contributed by atoms with Crippen molar-refractivity contribution < 1.29 is 30.4 Å². The number of nitrogens with one attached hydrogen (secondary N) is 1. The maximum absolute atomic E-state index is 14.0. The highest BCUT2D eigenvalue weighted by molar-refractivity contribution is 8.02. The number of halogens is 5. The fourth-order valence-electron chi connectivity index (χ4n) is 2.82. The molecule has 0 amide bonds. The molecule has 1 aliphatic rings. The summed E-state index contributed by atoms with van der Waals surface area (Å²) in [6.45, 7) is 1.42. The molecule has 0 fully saturated rings. The minimum atomic E-state index is -5.27. The van der Waals surface area contributed by atoms with Crippen LogP contribution in [0.4, 0.5) is 22.0 Å². The number of sulfonamides is 1. The number of benzene rings is 2. The average Bonchev–Trinajstić information content (AvgIpc) is 3.10. The molecule has 0 radical (unpaired) electrons. The maximum atomic E-state index is 14.0. The van der Waals surface area contributed by atoms with Gasteiger partial charge in [0.05, 0.1) is 16.8 Å². The highest BCUT2D eigenvalue weighted by Crippen LogP contribution is 2.37. The number of rotatable bonds is 6. The molecule has 2 aromatic carbocycles. The standard InChI is InChI=1S/C18H16F5N3O2S2/c1-12(15-9-13(19)7-8-16(15)20)24-17-10-29-11-25(17)26(18(21,22)23)30(27,28)14-5-3-2-4-6-14/h2-10,12,24H,11H2,1H3/t12-/m0/s1. The Bertz CT molecular complexity index is 1050. The molecule has 0 spiro atoms. The third kappa shape index (κ3) is 4.55. The first-order valence-corrected chi connectivity index (χ1v) is 11.0. The third-order valence-corrected chi connectivity index (χ3v) is 6.67. The minimum Gasteiger partial charge on any atom is -0.364 e. The summed E-state index contributed by atoms with van der Waals surface area (Å²) in [6, 6.07) is 8.00. The second kappa shape index (κ2) is 8.44. The van der Waals surface area contributed by atoms with E-state index in [0.717, 1.165) is 42.1 Å². The van der Waals surface area contributed by atoms with E-state index < -0.39 is 43.3 Å². The van der Waals surface area contributed by atoms with Crippen LogP contribution in [-0.2, 0) is 10.0 Å². The lowest BCUT2D eigenvalue weighted by molar-refractivity contribution is -0.260. The average molecular weight is 465 g/mol. The van der Waals surface area contributed by atoms with E-state index in [4.69, 9.17) is 0 Å². The van der Waals surface area contributed by atoms with Crippen LogP contribution in [0.25, 0.3) is 0 Å². The monoisotopic (exact) mass is 465 g/mol. The van der Waals surface area contributed by atoms with Crippen LogP contribution in [0.3, 0.4) is 0 Å². The van der Waals surface area contributed by atoms with E-state index in [1.165, 1.54) is 30.5 Å². The number of hydrogen-bond donors (Lipinski definition) is 1. The van der Waals surface area contributed by atoms with E-state index in [9.17, 15) is 30.4 Å². The topological polar surface area (TPSA) is 52.6 Å². The molecule has 0 aromatic heterocycles. The van der Waals surface area contributed by atoms with Crippen molar-refractivity contribution in [3.63, 3.8) is 0 Å². The molecule has 0 bridgehead atoms. The number of hydrazine groups is 1. The maximum Gasteiger partial charge on any atom is 0.492 e. The zero-order valence-corrected chi connectivity index (χ0v) is 17.0. The van der Waals surface area contributed by atoms with Crippen molar-refractivity contribution in [2.45, 2.75) is 24.2 Å². The second-order valence-electron chi connectivity index (χ2n) is 6.26. The first-order chi connectivity index (χ1) is 14.0. The molecule has 0 saturated heterocycles. The highest BCUT2D eigenvalue weighted by atomic mass is 32.2. The molecule has 2 aromatic rings. The summed E-state index contributed by atoms with van der Waals surface area (Å²) in [7, 11) is -4.98. The van der Waals surface area contributed by atoms with E-state index in [0.29, 0.717) is 5.01 Å². The molecule has 30 heavy (non-hydrogen) atoms. The van der Waals surface area contributed by atoms with Gasteiger partial charge in [0.15, 0.2) is 0 Å². The number of nitrogens with zero attached hydrogens (tertiary/aromatic N) is 2. The summed E-state index contributed by atoms with van der Waals surface area (Å²) in [4.78, 5) is -0.539. The van der Waals surface area contributed by atoms with Crippen LogP contribution < -0.4 is 5.32 Å². The van der Waals surface area contributed by atoms with Gasteiger partial charge in [0.2, 0.25) is 0 Å². The Kier molecular flexibility index (Phi) is 6.29. The van der Waals surface area contributed by atoms with E-state index in [-0.39, 0.29) is 17.3 Å². The van der Waals surface area contributed by atoms with Crippen LogP contribution >= 0.6 is 11.8 Å². The molecule has 1 atom stereocenters. The largest absolute Gasteiger partial charge is 0.492 e. The van der Waals surface area contributed by atoms with Gasteiger partial charge in [-0.1, -0.05) is 18.2 Å². The van der Waals surface area contributed by atoms with Crippen molar-refractivity contribution in [2.75, 3.05) is 5.88 Å². The molecular formula is C18H16F5N3O2S2. The van der Waals surface area contributed by atoms with Gasteiger partial charge in [-0.2, -0.15) is 13.2 Å². The summed E-state index contributed by atoms with van der Waals surface area (Å²) in [5.41, 5.74) is -0.114. The van der Waals surface area contributed by atoms with Crippen molar-refractivity contribution in [3.05, 3.63) is 77.0 Å². The molecule has 3 rings (SSSR count). The van der Waals surface area contributed by atoms with E-state index in [2.05, 4.69) is 5.32 Å². The number of thioether (sulfide) groups is 1. The Morgan fingerprint density at radius 3 is 2.43 bits per heavy atom. The summed E-state index contributed by atoms with van der Waals surface area (Å²) < 4.78 is 93.8. The van der Waals surface area contributed by atoms with Crippen molar-refractivity contribution in [1.29, 1.82) is 0 Å². The third-order valence-electron chi connectivity index (χ3n) is 4.16. The molecule has 12 heteroatoms. The Morgan fingerprint density at radius 2 is 1.80 bits per heavy atom. The van der Waals surface area contributed by atoms with Gasteiger partial charge in [0.25, 0.3) is 10.0 Å². The van der Waals surface area contributed by atoms with Crippen LogP contribution in [-0.4, -0.2) is 30.0 Å². The second-order valence-corrected chi connectivity index (χ2v) is 8.85. The van der Waals surface area contributed by atoms with Crippen LogP contribution in [0.2, 0.25) is 0 Å². The smallest absolute Gasteiger partial charge is 0.364 e. The summed E-state index contributed by atoms with van der Waals surface area (Å²) >= 11 is 0.918. The Balaban J connectivity index is 1.94. The minimum absolute atomic E-state index is 0.114. The van der Waals surface area contributed by atoms with Gasteiger partial charge >= 0.3 is 6.30 Å². The van der Waals surface area contributed by atoms with Crippen LogP contribution in [0.5, 0.6) is 0 Å². The van der Waals surface area contributed by atoms with Crippen LogP contribution in [0.15, 0.2) is 64.7 Å². The Morgan fingerprint density at radius 1 is 1.13 bits per heavy atom. The van der Waals surface area contributed by atoms with Gasteiger partial charge in [0.1, 0.15) is 17.5 Å². The number of hydrogen-bond acceptors (Lipinski definition) is 5. The molecule has 1 N–H and O–H groups in total. The predicted octanol–water partition coefficient (Wildman–Crippen LogP) is 4.55. The molecule has 1 aliphatic heterocycles. The van der Waals surface area contributed by atoms with Crippen molar-refractivity contribution >= 4 is 21.8 Å². The molecule has 0 saturated carbocycles. The quantitative estimate of drug-likeness (QED) is 0.501. The molecule has 1 heterocycles. The zero-order valence-electron chi connectivity index (χ0n) is 15.4. The highest BCUT2D eigenvalue weighted by Gasteiger charge is 2.52. The summed E-state index contributed by atoms with van der Waals surface area (Å²) in [5, 5.41) is 4.43. The zero-order chi connectivity index (χ0) is 22.1. The Labute approximate surface area is 174 Å². The van der Waals surface area contributed by atoms with E-state index >= 15 is 0 Å². The summed E-state index contributed by atoms with van der Waals surface area (Å²) in [5.74, 6) is -2.03. The van der Waals surface area contributed by atoms with Crippen molar-refractivity contribution in [3.8, 4) is 0 Å². The molecule has 0 unspecified atom stereocenters. The first kappa shape index (κ1) is 22.4. The van der Waals surface area contributed by atoms with Gasteiger partial charge in [-0.05, 0) is 41.7 Å². The predicted molar refractivity (Wildman–Crippen MR) is 102 cm³/mol. The van der Waals surface area contributed by atoms with Gasteiger partial charge in [-0.25, -0.2) is 17.2 Å². The van der Waals surface area contributed by atoms with Gasteiger partial charge in [0, 0.05) is 11.0 Å². The van der Waals surface area contributed by atoms with Crippen LogP contribution in [0, 0.1) is 11.6 Å². The molecular weight excluding hydrogens is 449 g/mol. The molecule has 0 aliphatic carbocycles. The van der Waals surface area contributed by atoms with Crippen molar-refractivity contribution in [2.24, 2.45) is 0 Å². The summed E-state index contributed by atoms with van der Waals surface area (Å²) in [6.07, 6.45) is -5.27. The lowest BCUT2D eigenvalue weighted by atomic mass is 10.1. The molecule has 5 nitrogen and oxygen atoms in total. The lowest BCUT2D eigenvalue weighted by Crippen LogP contribution is -2.54. The normalized spacial score (nSPS) is 16.0. The fraction of sp³-hybridized carbons (Fsp3) is 0.222. The lowest BCUT2D eigenvalue weighted by Gasteiger charge is -2.35. The number of alkyl halides is 3. The van der Waals surface area contributed by atoms with Gasteiger partial charge in [-0.15, -0.1) is 11.8 Å².